The monoisotopic (exact) mass is 477 g/mol. The molecule has 0 unspecified atom stereocenters. The first-order valence-electron chi connectivity index (χ1n) is 12.6. The zero-order valence-electron chi connectivity index (χ0n) is 20.5. The van der Waals surface area contributed by atoms with Crippen LogP contribution in [0.2, 0.25) is 0 Å². The van der Waals surface area contributed by atoms with Crippen molar-refractivity contribution in [2.45, 2.75) is 58.7 Å². The normalized spacial score (nSPS) is 15.9. The summed E-state index contributed by atoms with van der Waals surface area (Å²) >= 11 is 0. The summed E-state index contributed by atoms with van der Waals surface area (Å²) in [6.45, 7) is 5.76. The van der Waals surface area contributed by atoms with Crippen molar-refractivity contribution in [2.24, 2.45) is 0 Å². The number of nitrogens with one attached hydrogen (secondary N) is 1. The third-order valence-corrected chi connectivity index (χ3v) is 6.52. The summed E-state index contributed by atoms with van der Waals surface area (Å²) in [7, 11) is 0. The van der Waals surface area contributed by atoms with Crippen LogP contribution < -0.4 is 10.1 Å². The molecule has 0 fully saturated rings. The average Bonchev–Trinajstić information content (AvgIpc) is 3.20. The van der Waals surface area contributed by atoms with Crippen molar-refractivity contribution >= 4 is 22.8 Å². The summed E-state index contributed by atoms with van der Waals surface area (Å²) < 4.78 is 8.39. The van der Waals surface area contributed by atoms with Gasteiger partial charge in [0.15, 0.2) is 0 Å². The number of hydrogen-bond acceptors (Lipinski definition) is 4. The predicted molar refractivity (Wildman–Crippen MR) is 136 cm³/mol. The van der Waals surface area contributed by atoms with Gasteiger partial charge in [-0.1, -0.05) is 30.3 Å². The van der Waals surface area contributed by atoms with Gasteiger partial charge in [0.25, 0.3) is 0 Å². The second-order valence-corrected chi connectivity index (χ2v) is 9.20. The number of carboxylic acids is 1. The van der Waals surface area contributed by atoms with Crippen LogP contribution >= 0.6 is 0 Å². The van der Waals surface area contributed by atoms with E-state index >= 15 is 0 Å². The molecule has 7 nitrogen and oxygen atoms in total. The molecule has 1 aliphatic heterocycles. The number of para-hydroxylation sites is 1. The molecule has 0 bridgehead atoms. The van der Waals surface area contributed by atoms with Crippen molar-refractivity contribution in [3.8, 4) is 5.75 Å². The van der Waals surface area contributed by atoms with Crippen molar-refractivity contribution in [1.82, 2.24) is 14.8 Å². The molecule has 3 aromatic rings. The number of carbonyl (C=O) groups is 2. The van der Waals surface area contributed by atoms with Gasteiger partial charge in [0.1, 0.15) is 5.75 Å². The number of aromatic nitrogens is 1. The molecule has 35 heavy (non-hydrogen) atoms. The fourth-order valence-electron chi connectivity index (χ4n) is 4.74. The van der Waals surface area contributed by atoms with Crippen LogP contribution in [-0.2, 0) is 35.6 Å². The number of nitrogens with zero attached hydrogens (tertiary/aromatic N) is 2. The summed E-state index contributed by atoms with van der Waals surface area (Å²) in [6, 6.07) is 14.3. The Kier molecular flexibility index (Phi) is 8.42. The molecule has 2 heterocycles. The molecule has 4 rings (SSSR count). The van der Waals surface area contributed by atoms with Crippen molar-refractivity contribution in [3.63, 3.8) is 0 Å². The quantitative estimate of drug-likeness (QED) is 0.551. The van der Waals surface area contributed by atoms with Crippen LogP contribution in [0.25, 0.3) is 10.9 Å². The van der Waals surface area contributed by atoms with E-state index in [9.17, 15) is 9.59 Å². The van der Waals surface area contributed by atoms with Gasteiger partial charge in [0.05, 0.1) is 13.2 Å². The summed E-state index contributed by atoms with van der Waals surface area (Å²) in [5.41, 5.74) is 4.33. The molecule has 186 valence electrons. The van der Waals surface area contributed by atoms with E-state index in [1.165, 1.54) is 16.5 Å². The van der Waals surface area contributed by atoms with Crippen LogP contribution in [0, 0.1) is 0 Å². The van der Waals surface area contributed by atoms with E-state index in [0.29, 0.717) is 32.7 Å². The third kappa shape index (κ3) is 6.63. The number of carboxylic acid groups (broad SMARTS) is 1. The molecular weight excluding hydrogens is 442 g/mol. The summed E-state index contributed by atoms with van der Waals surface area (Å²) in [5.74, 6) is 0.0218. The lowest BCUT2D eigenvalue weighted by molar-refractivity contribution is -0.137. The number of ether oxygens (including phenoxy) is 1. The second kappa shape index (κ2) is 11.9. The number of rotatable bonds is 6. The van der Waals surface area contributed by atoms with Crippen LogP contribution in [0.1, 0.15) is 49.3 Å². The number of hydrogen-bond donors (Lipinski definition) is 2. The first kappa shape index (κ1) is 24.8. The largest absolute Gasteiger partial charge is 0.493 e. The van der Waals surface area contributed by atoms with E-state index in [1.54, 1.807) is 0 Å². The highest BCUT2D eigenvalue weighted by atomic mass is 16.5. The highest BCUT2D eigenvalue weighted by Gasteiger charge is 2.18. The Morgan fingerprint density at radius 1 is 1.11 bits per heavy atom. The van der Waals surface area contributed by atoms with E-state index in [0.717, 1.165) is 42.7 Å². The van der Waals surface area contributed by atoms with Gasteiger partial charge in [-0.25, -0.2) is 0 Å². The van der Waals surface area contributed by atoms with E-state index in [4.69, 9.17) is 9.84 Å². The van der Waals surface area contributed by atoms with Crippen LogP contribution in [0.4, 0.5) is 0 Å². The zero-order valence-corrected chi connectivity index (χ0v) is 20.5. The summed E-state index contributed by atoms with van der Waals surface area (Å²) in [4.78, 5) is 26.1. The van der Waals surface area contributed by atoms with Gasteiger partial charge in [-0.15, -0.1) is 0 Å². The molecule has 0 saturated carbocycles. The van der Waals surface area contributed by atoms with Gasteiger partial charge in [-0.3, -0.25) is 14.5 Å². The maximum atomic E-state index is 12.8. The Labute approximate surface area is 206 Å². The van der Waals surface area contributed by atoms with E-state index < -0.39 is 5.97 Å². The lowest BCUT2D eigenvalue weighted by atomic mass is 10.0. The lowest BCUT2D eigenvalue weighted by Gasteiger charge is -2.23. The second-order valence-electron chi connectivity index (χ2n) is 9.20. The molecule has 1 amide bonds. The minimum atomic E-state index is -0.809. The van der Waals surface area contributed by atoms with Crippen LogP contribution in [0.15, 0.2) is 48.7 Å². The minimum absolute atomic E-state index is 0.0213. The number of amides is 1. The summed E-state index contributed by atoms with van der Waals surface area (Å²) in [6.07, 6.45) is 5.59. The van der Waals surface area contributed by atoms with Gasteiger partial charge in [-0.2, -0.15) is 0 Å². The van der Waals surface area contributed by atoms with Gasteiger partial charge in [-0.05, 0) is 55.9 Å². The molecule has 0 spiro atoms. The Bertz CT molecular complexity index is 1170. The summed E-state index contributed by atoms with van der Waals surface area (Å²) in [5, 5.41) is 13.4. The fourth-order valence-corrected chi connectivity index (χ4v) is 4.74. The molecule has 0 atom stereocenters. The number of aliphatic carboxylic acids is 1. The molecule has 0 radical (unpaired) electrons. The first-order chi connectivity index (χ1) is 17.0. The molecule has 7 heteroatoms. The van der Waals surface area contributed by atoms with Crippen molar-refractivity contribution in [2.75, 3.05) is 19.7 Å². The first-order valence-corrected chi connectivity index (χ1v) is 12.6. The maximum absolute atomic E-state index is 12.8. The highest BCUT2D eigenvalue weighted by Crippen LogP contribution is 2.27. The smallest absolute Gasteiger partial charge is 0.303 e. The van der Waals surface area contributed by atoms with Crippen molar-refractivity contribution < 1.29 is 19.4 Å². The molecule has 2 N–H and O–H groups in total. The topological polar surface area (TPSA) is 83.8 Å². The highest BCUT2D eigenvalue weighted by molar-refractivity contribution is 5.84. The SMILES string of the molecule is CCn1cc(CN2CC(=O)NCCCCCOc3ccc(CCC(=O)O)cc3C2)c2ccccc21. The fraction of sp³-hybridized carbons (Fsp3) is 0.429. The molecule has 2 aromatic carbocycles. The van der Waals surface area contributed by atoms with Crippen molar-refractivity contribution in [3.05, 3.63) is 65.4 Å². The van der Waals surface area contributed by atoms with E-state index in [-0.39, 0.29) is 18.9 Å². The Hall–Kier alpha value is -3.32. The van der Waals surface area contributed by atoms with Gasteiger partial charge in [0.2, 0.25) is 5.91 Å². The van der Waals surface area contributed by atoms with Crippen LogP contribution in [-0.4, -0.2) is 46.1 Å². The lowest BCUT2D eigenvalue weighted by Crippen LogP contribution is -2.37. The van der Waals surface area contributed by atoms with Gasteiger partial charge in [0, 0.05) is 55.3 Å². The maximum Gasteiger partial charge on any atom is 0.303 e. The number of carbonyl (C=O) groups excluding carboxylic acids is 1. The standard InChI is InChI=1S/C28H35N3O4/c1-2-31-19-23(24-8-4-5-9-25(24)31)18-30-17-22-16-21(11-13-28(33)34)10-12-26(22)35-15-7-3-6-14-29-27(32)20-30/h4-5,8-10,12,16,19H,2-3,6-7,11,13-15,17-18,20H2,1H3,(H,29,32)(H,33,34). The number of aryl methyl sites for hydroxylation is 2. The Morgan fingerprint density at radius 3 is 2.80 bits per heavy atom. The molecular formula is C28H35N3O4. The Morgan fingerprint density at radius 2 is 1.97 bits per heavy atom. The zero-order chi connectivity index (χ0) is 24.6. The molecule has 1 aliphatic rings. The number of benzene rings is 2. The van der Waals surface area contributed by atoms with E-state index in [1.807, 2.05) is 18.2 Å². The Balaban J connectivity index is 1.66. The van der Waals surface area contributed by atoms with Crippen LogP contribution in [0.5, 0.6) is 5.75 Å². The number of fused-ring (bicyclic) bond motifs is 2. The van der Waals surface area contributed by atoms with Gasteiger partial charge < -0.3 is 19.7 Å². The minimum Gasteiger partial charge on any atom is -0.493 e. The van der Waals surface area contributed by atoms with E-state index in [2.05, 4.69) is 52.2 Å². The molecule has 0 saturated heterocycles. The van der Waals surface area contributed by atoms with Crippen LogP contribution in [0.3, 0.4) is 0 Å². The predicted octanol–water partition coefficient (Wildman–Crippen LogP) is 4.36. The molecule has 1 aromatic heterocycles. The third-order valence-electron chi connectivity index (χ3n) is 6.52. The van der Waals surface area contributed by atoms with Gasteiger partial charge >= 0.3 is 5.97 Å². The average molecular weight is 478 g/mol. The van der Waals surface area contributed by atoms with Crippen molar-refractivity contribution in [1.29, 1.82) is 0 Å². The molecule has 0 aliphatic carbocycles.